The molecule has 0 fully saturated rings. The molecule has 3 rings (SSSR count). The van der Waals surface area contributed by atoms with Crippen molar-refractivity contribution in [1.29, 1.82) is 0 Å². The highest BCUT2D eigenvalue weighted by molar-refractivity contribution is 7.09. The zero-order chi connectivity index (χ0) is 18.0. The Labute approximate surface area is 150 Å². The van der Waals surface area contributed by atoms with Gasteiger partial charge in [-0.15, -0.1) is 11.3 Å². The summed E-state index contributed by atoms with van der Waals surface area (Å²) in [6.07, 6.45) is 0.972. The van der Waals surface area contributed by atoms with Crippen molar-refractivity contribution in [3.05, 3.63) is 57.7 Å². The molecule has 0 aliphatic rings. The maximum Gasteiger partial charge on any atom is 0.251 e. The van der Waals surface area contributed by atoms with Crippen LogP contribution in [0, 0.1) is 13.8 Å². The van der Waals surface area contributed by atoms with E-state index in [0.717, 1.165) is 27.4 Å². The fraction of sp³-hybridized carbons (Fsp3) is 0.278. The summed E-state index contributed by atoms with van der Waals surface area (Å²) < 4.78 is 1.77. The third-order valence-corrected chi connectivity index (χ3v) is 5.17. The van der Waals surface area contributed by atoms with Crippen molar-refractivity contribution < 1.29 is 9.90 Å². The molecule has 0 aliphatic heterocycles. The first-order valence-corrected chi connectivity index (χ1v) is 8.80. The van der Waals surface area contributed by atoms with E-state index >= 15 is 0 Å². The lowest BCUT2D eigenvalue weighted by Crippen LogP contribution is -2.29. The van der Waals surface area contributed by atoms with Gasteiger partial charge in [0.25, 0.3) is 5.91 Å². The standard InChI is InChI=1S/C18H20N4O2S/c1-11-4-5-13(15-6-7-21-22(15)3)8-14(11)18(24)19-9-16(23)17-12(2)20-10-25-17/h4-8,10,16,23H,9H2,1-3H3,(H,19,24)/t16-/m1/s1. The first-order valence-electron chi connectivity index (χ1n) is 7.92. The van der Waals surface area contributed by atoms with Crippen LogP contribution in [0.2, 0.25) is 0 Å². The highest BCUT2D eigenvalue weighted by Gasteiger charge is 2.16. The van der Waals surface area contributed by atoms with Crippen LogP contribution in [-0.2, 0) is 7.05 Å². The fourth-order valence-electron chi connectivity index (χ4n) is 2.69. The van der Waals surface area contributed by atoms with Crippen LogP contribution < -0.4 is 5.32 Å². The monoisotopic (exact) mass is 356 g/mol. The number of aliphatic hydroxyl groups is 1. The fourth-order valence-corrected chi connectivity index (χ4v) is 3.48. The second kappa shape index (κ2) is 7.16. The molecule has 25 heavy (non-hydrogen) atoms. The Morgan fingerprint density at radius 1 is 1.36 bits per heavy atom. The molecule has 2 heterocycles. The molecular formula is C18H20N4O2S. The smallest absolute Gasteiger partial charge is 0.251 e. The number of nitrogens with one attached hydrogen (secondary N) is 1. The Bertz CT molecular complexity index is 900. The summed E-state index contributed by atoms with van der Waals surface area (Å²) in [4.78, 5) is 17.5. The van der Waals surface area contributed by atoms with Crippen LogP contribution in [0.15, 0.2) is 36.0 Å². The number of nitrogens with zero attached hydrogens (tertiary/aromatic N) is 3. The molecule has 7 heteroatoms. The Morgan fingerprint density at radius 3 is 2.80 bits per heavy atom. The molecule has 2 aromatic heterocycles. The number of aromatic nitrogens is 3. The van der Waals surface area contributed by atoms with Crippen LogP contribution in [0.5, 0.6) is 0 Å². The third-order valence-electron chi connectivity index (χ3n) is 4.14. The maximum atomic E-state index is 12.6. The van der Waals surface area contributed by atoms with Crippen LogP contribution in [-0.4, -0.2) is 32.3 Å². The molecule has 0 aliphatic carbocycles. The topological polar surface area (TPSA) is 80.0 Å². The number of carbonyl (C=O) groups is 1. The molecule has 0 saturated carbocycles. The highest BCUT2D eigenvalue weighted by atomic mass is 32.1. The van der Waals surface area contributed by atoms with Crippen molar-refractivity contribution >= 4 is 17.2 Å². The second-order valence-electron chi connectivity index (χ2n) is 5.90. The van der Waals surface area contributed by atoms with Crippen LogP contribution in [0.1, 0.15) is 32.6 Å². The average Bonchev–Trinajstić information content (AvgIpc) is 3.21. The Kier molecular flexibility index (Phi) is 4.96. The van der Waals surface area contributed by atoms with Crippen molar-refractivity contribution in [1.82, 2.24) is 20.1 Å². The van der Waals surface area contributed by atoms with Crippen molar-refractivity contribution in [2.75, 3.05) is 6.54 Å². The minimum atomic E-state index is -0.753. The maximum absolute atomic E-state index is 12.6. The van der Waals surface area contributed by atoms with E-state index < -0.39 is 6.10 Å². The van der Waals surface area contributed by atoms with Gasteiger partial charge in [0.15, 0.2) is 0 Å². The van der Waals surface area contributed by atoms with Crippen molar-refractivity contribution in [3.8, 4) is 11.3 Å². The largest absolute Gasteiger partial charge is 0.386 e. The summed E-state index contributed by atoms with van der Waals surface area (Å²) in [6.45, 7) is 3.89. The van der Waals surface area contributed by atoms with Crippen LogP contribution >= 0.6 is 11.3 Å². The van der Waals surface area contributed by atoms with Gasteiger partial charge in [0, 0.05) is 30.9 Å². The molecule has 1 aromatic carbocycles. The molecule has 0 unspecified atom stereocenters. The lowest BCUT2D eigenvalue weighted by molar-refractivity contribution is 0.0917. The molecule has 130 valence electrons. The van der Waals surface area contributed by atoms with Crippen molar-refractivity contribution in [3.63, 3.8) is 0 Å². The highest BCUT2D eigenvalue weighted by Crippen LogP contribution is 2.23. The summed E-state index contributed by atoms with van der Waals surface area (Å²) in [7, 11) is 1.86. The summed E-state index contributed by atoms with van der Waals surface area (Å²) >= 11 is 1.39. The number of carbonyl (C=O) groups excluding carboxylic acids is 1. The van der Waals surface area contributed by atoms with Gasteiger partial charge in [0.05, 0.1) is 21.8 Å². The number of rotatable bonds is 5. The van der Waals surface area contributed by atoms with Gasteiger partial charge < -0.3 is 10.4 Å². The van der Waals surface area contributed by atoms with Gasteiger partial charge in [-0.2, -0.15) is 5.10 Å². The molecular weight excluding hydrogens is 336 g/mol. The predicted octanol–water partition coefficient (Wildman–Crippen LogP) is 2.62. The van der Waals surface area contributed by atoms with E-state index in [9.17, 15) is 9.90 Å². The zero-order valence-corrected chi connectivity index (χ0v) is 15.2. The number of hydrogen-bond donors (Lipinski definition) is 2. The summed E-state index contributed by atoms with van der Waals surface area (Å²) in [5, 5.41) is 17.2. The van der Waals surface area contributed by atoms with Gasteiger partial charge in [0.2, 0.25) is 0 Å². The van der Waals surface area contributed by atoms with Crippen LogP contribution in [0.3, 0.4) is 0 Å². The number of thiazole rings is 1. The van der Waals surface area contributed by atoms with E-state index in [1.807, 2.05) is 45.2 Å². The normalized spacial score (nSPS) is 12.2. The third kappa shape index (κ3) is 3.62. The van der Waals surface area contributed by atoms with E-state index in [1.54, 1.807) is 16.4 Å². The molecule has 0 spiro atoms. The van der Waals surface area contributed by atoms with Crippen molar-refractivity contribution in [2.24, 2.45) is 7.05 Å². The van der Waals surface area contributed by atoms with Gasteiger partial charge in [-0.25, -0.2) is 4.98 Å². The summed E-state index contributed by atoms with van der Waals surface area (Å²) in [6, 6.07) is 7.65. The molecule has 0 saturated heterocycles. The first kappa shape index (κ1) is 17.3. The van der Waals surface area contributed by atoms with Gasteiger partial charge in [-0.1, -0.05) is 12.1 Å². The number of aliphatic hydroxyl groups excluding tert-OH is 1. The predicted molar refractivity (Wildman–Crippen MR) is 97.5 cm³/mol. The molecule has 0 radical (unpaired) electrons. The van der Waals surface area contributed by atoms with Gasteiger partial charge in [-0.3, -0.25) is 9.48 Å². The molecule has 3 aromatic rings. The summed E-state index contributed by atoms with van der Waals surface area (Å²) in [5.41, 5.74) is 5.82. The number of amides is 1. The number of hydrogen-bond acceptors (Lipinski definition) is 5. The average molecular weight is 356 g/mol. The molecule has 1 amide bonds. The number of aryl methyl sites for hydroxylation is 3. The lowest BCUT2D eigenvalue weighted by atomic mass is 10.0. The van der Waals surface area contributed by atoms with Gasteiger partial charge in [-0.05, 0) is 31.5 Å². The molecule has 2 N–H and O–H groups in total. The summed E-state index contributed by atoms with van der Waals surface area (Å²) in [5.74, 6) is -0.206. The van der Waals surface area contributed by atoms with Crippen LogP contribution in [0.25, 0.3) is 11.3 Å². The molecule has 1 atom stereocenters. The molecule has 0 bridgehead atoms. The Balaban J connectivity index is 1.76. The molecule has 6 nitrogen and oxygen atoms in total. The van der Waals surface area contributed by atoms with E-state index in [2.05, 4.69) is 15.4 Å². The zero-order valence-electron chi connectivity index (χ0n) is 14.4. The number of benzene rings is 1. The second-order valence-corrected chi connectivity index (χ2v) is 6.78. The van der Waals surface area contributed by atoms with E-state index in [1.165, 1.54) is 11.3 Å². The van der Waals surface area contributed by atoms with Gasteiger partial charge in [0.1, 0.15) is 6.10 Å². The lowest BCUT2D eigenvalue weighted by Gasteiger charge is -2.13. The van der Waals surface area contributed by atoms with E-state index in [0.29, 0.717) is 5.56 Å². The SMILES string of the molecule is Cc1ccc(-c2ccnn2C)cc1C(=O)NC[C@@H](O)c1scnc1C. The van der Waals surface area contributed by atoms with Gasteiger partial charge >= 0.3 is 0 Å². The van der Waals surface area contributed by atoms with E-state index in [4.69, 9.17) is 0 Å². The van der Waals surface area contributed by atoms with Crippen molar-refractivity contribution in [2.45, 2.75) is 20.0 Å². The minimum absolute atomic E-state index is 0.150. The minimum Gasteiger partial charge on any atom is -0.386 e. The quantitative estimate of drug-likeness (QED) is 0.736. The Morgan fingerprint density at radius 2 is 2.16 bits per heavy atom. The van der Waals surface area contributed by atoms with Crippen LogP contribution in [0.4, 0.5) is 0 Å². The van der Waals surface area contributed by atoms with E-state index in [-0.39, 0.29) is 12.5 Å². The Hall–Kier alpha value is -2.51. The first-order chi connectivity index (χ1) is 12.0.